The van der Waals surface area contributed by atoms with Gasteiger partial charge in [0.25, 0.3) is 5.56 Å². The lowest BCUT2D eigenvalue weighted by atomic mass is 9.81. The molecule has 0 spiro atoms. The van der Waals surface area contributed by atoms with Gasteiger partial charge in [-0.05, 0) is 49.0 Å². The summed E-state index contributed by atoms with van der Waals surface area (Å²) in [4.78, 5) is 15.7. The Morgan fingerprint density at radius 2 is 2.14 bits per heavy atom. The molecule has 0 bridgehead atoms. The Hall–Kier alpha value is -1.42. The van der Waals surface area contributed by atoms with Gasteiger partial charge in [0.05, 0.1) is 10.9 Å². The Morgan fingerprint density at radius 1 is 1.33 bits per heavy atom. The number of hydrogen-bond donors (Lipinski definition) is 1. The second-order valence-corrected chi connectivity index (χ2v) is 6.75. The second-order valence-electron chi connectivity index (χ2n) is 6.36. The van der Waals surface area contributed by atoms with Crippen molar-refractivity contribution in [2.24, 2.45) is 11.8 Å². The molecular formula is C17H22N2OS. The SMILES string of the molecule is CC1CCCC(CCn2c(=S)[nH]c3ccccc3c2=O)C1. The molecule has 0 amide bonds. The summed E-state index contributed by atoms with van der Waals surface area (Å²) in [6.07, 6.45) is 6.32. The maximum atomic E-state index is 12.6. The molecule has 1 heterocycles. The van der Waals surface area contributed by atoms with E-state index >= 15 is 0 Å². The first kappa shape index (κ1) is 14.5. The summed E-state index contributed by atoms with van der Waals surface area (Å²) in [5, 5.41) is 0.725. The molecule has 1 aliphatic carbocycles. The van der Waals surface area contributed by atoms with E-state index in [-0.39, 0.29) is 5.56 Å². The van der Waals surface area contributed by atoms with Crippen molar-refractivity contribution < 1.29 is 0 Å². The number of para-hydroxylation sites is 1. The molecule has 3 rings (SSSR count). The van der Waals surface area contributed by atoms with E-state index in [0.717, 1.165) is 35.7 Å². The first-order valence-electron chi connectivity index (χ1n) is 7.87. The first-order valence-corrected chi connectivity index (χ1v) is 8.28. The summed E-state index contributed by atoms with van der Waals surface area (Å²) in [6, 6.07) is 7.58. The summed E-state index contributed by atoms with van der Waals surface area (Å²) in [5.74, 6) is 1.56. The van der Waals surface area contributed by atoms with Crippen LogP contribution in [0.4, 0.5) is 0 Å². The zero-order chi connectivity index (χ0) is 14.8. The summed E-state index contributed by atoms with van der Waals surface area (Å²) in [7, 11) is 0. The number of aromatic amines is 1. The third-order valence-corrected chi connectivity index (χ3v) is 5.02. The van der Waals surface area contributed by atoms with Gasteiger partial charge in [-0.25, -0.2) is 0 Å². The lowest BCUT2D eigenvalue weighted by molar-refractivity contribution is 0.260. The van der Waals surface area contributed by atoms with Gasteiger partial charge < -0.3 is 4.98 Å². The highest BCUT2D eigenvalue weighted by atomic mass is 32.1. The van der Waals surface area contributed by atoms with Crippen molar-refractivity contribution in [2.45, 2.75) is 45.6 Å². The van der Waals surface area contributed by atoms with Crippen molar-refractivity contribution in [1.82, 2.24) is 9.55 Å². The lowest BCUT2D eigenvalue weighted by Gasteiger charge is -2.26. The largest absolute Gasteiger partial charge is 0.332 e. The fourth-order valence-electron chi connectivity index (χ4n) is 3.54. The van der Waals surface area contributed by atoms with Crippen LogP contribution in [0.5, 0.6) is 0 Å². The number of hydrogen-bond acceptors (Lipinski definition) is 2. The van der Waals surface area contributed by atoms with E-state index in [1.807, 2.05) is 24.3 Å². The lowest BCUT2D eigenvalue weighted by Crippen LogP contribution is -2.24. The van der Waals surface area contributed by atoms with Crippen molar-refractivity contribution in [3.63, 3.8) is 0 Å². The van der Waals surface area contributed by atoms with Crippen LogP contribution in [-0.2, 0) is 6.54 Å². The second kappa shape index (κ2) is 6.14. The molecule has 21 heavy (non-hydrogen) atoms. The molecule has 1 N–H and O–H groups in total. The molecule has 2 unspecified atom stereocenters. The minimum absolute atomic E-state index is 0.0400. The standard InChI is InChI=1S/C17H22N2OS/c1-12-5-4-6-13(11-12)9-10-19-16(20)14-7-2-3-8-15(14)18-17(19)21/h2-3,7-8,12-13H,4-6,9-11H2,1H3,(H,18,21). The van der Waals surface area contributed by atoms with Gasteiger partial charge in [0.1, 0.15) is 0 Å². The van der Waals surface area contributed by atoms with Crippen LogP contribution in [0.25, 0.3) is 10.9 Å². The molecule has 4 heteroatoms. The van der Waals surface area contributed by atoms with E-state index in [0.29, 0.717) is 4.77 Å². The van der Waals surface area contributed by atoms with Gasteiger partial charge in [-0.3, -0.25) is 9.36 Å². The Balaban J connectivity index is 1.84. The quantitative estimate of drug-likeness (QED) is 0.860. The zero-order valence-electron chi connectivity index (χ0n) is 12.5. The van der Waals surface area contributed by atoms with Crippen molar-refractivity contribution in [1.29, 1.82) is 0 Å². The predicted octanol–water partition coefficient (Wildman–Crippen LogP) is 4.28. The minimum atomic E-state index is 0.0400. The number of nitrogens with one attached hydrogen (secondary N) is 1. The first-order chi connectivity index (χ1) is 10.1. The van der Waals surface area contributed by atoms with Gasteiger partial charge >= 0.3 is 0 Å². The average Bonchev–Trinajstić information content (AvgIpc) is 2.47. The highest BCUT2D eigenvalue weighted by Gasteiger charge is 2.19. The van der Waals surface area contributed by atoms with Gasteiger partial charge in [0.15, 0.2) is 4.77 Å². The molecular weight excluding hydrogens is 280 g/mol. The maximum Gasteiger partial charge on any atom is 0.262 e. The summed E-state index contributed by atoms with van der Waals surface area (Å²) < 4.78 is 2.28. The van der Waals surface area contributed by atoms with Crippen LogP contribution >= 0.6 is 12.2 Å². The van der Waals surface area contributed by atoms with Crippen molar-refractivity contribution in [3.8, 4) is 0 Å². The molecule has 1 aliphatic rings. The van der Waals surface area contributed by atoms with Crippen molar-refractivity contribution in [2.75, 3.05) is 0 Å². The Bertz CT molecular complexity index is 746. The Labute approximate surface area is 130 Å². The molecule has 1 aromatic carbocycles. The van der Waals surface area contributed by atoms with E-state index in [9.17, 15) is 4.79 Å². The number of H-pyrrole nitrogens is 1. The molecule has 0 saturated heterocycles. The van der Waals surface area contributed by atoms with Crippen molar-refractivity contribution in [3.05, 3.63) is 39.4 Å². The Morgan fingerprint density at radius 3 is 2.95 bits per heavy atom. The van der Waals surface area contributed by atoms with E-state index < -0.39 is 0 Å². The monoisotopic (exact) mass is 302 g/mol. The Kier molecular flexibility index (Phi) is 4.24. The molecule has 3 nitrogen and oxygen atoms in total. The summed E-state index contributed by atoms with van der Waals surface area (Å²) in [5.41, 5.74) is 0.869. The van der Waals surface area contributed by atoms with Gasteiger partial charge in [-0.2, -0.15) is 0 Å². The molecule has 1 fully saturated rings. The zero-order valence-corrected chi connectivity index (χ0v) is 13.3. The van der Waals surface area contributed by atoms with E-state index in [1.54, 1.807) is 4.57 Å². The third-order valence-electron chi connectivity index (χ3n) is 4.70. The fourth-order valence-corrected chi connectivity index (χ4v) is 3.82. The van der Waals surface area contributed by atoms with Crippen LogP contribution in [0.15, 0.2) is 29.1 Å². The molecule has 2 atom stereocenters. The van der Waals surface area contributed by atoms with Crippen molar-refractivity contribution >= 4 is 23.1 Å². The summed E-state index contributed by atoms with van der Waals surface area (Å²) >= 11 is 5.36. The smallest absolute Gasteiger partial charge is 0.262 e. The topological polar surface area (TPSA) is 37.8 Å². The number of benzene rings is 1. The number of fused-ring (bicyclic) bond motifs is 1. The minimum Gasteiger partial charge on any atom is -0.332 e. The number of nitrogens with zero attached hydrogens (tertiary/aromatic N) is 1. The predicted molar refractivity (Wildman–Crippen MR) is 89.1 cm³/mol. The molecule has 1 aromatic heterocycles. The van der Waals surface area contributed by atoms with E-state index in [2.05, 4.69) is 11.9 Å². The van der Waals surface area contributed by atoms with E-state index in [1.165, 1.54) is 25.7 Å². The number of rotatable bonds is 3. The molecule has 112 valence electrons. The normalized spacial score (nSPS) is 22.5. The van der Waals surface area contributed by atoms with Crippen LogP contribution in [0.1, 0.15) is 39.0 Å². The maximum absolute atomic E-state index is 12.6. The third kappa shape index (κ3) is 3.10. The van der Waals surface area contributed by atoms with E-state index in [4.69, 9.17) is 12.2 Å². The van der Waals surface area contributed by atoms with Gasteiger partial charge in [-0.1, -0.05) is 38.3 Å². The molecule has 0 radical (unpaired) electrons. The van der Waals surface area contributed by atoms with Crippen LogP contribution in [0, 0.1) is 16.6 Å². The van der Waals surface area contributed by atoms with Gasteiger partial charge in [-0.15, -0.1) is 0 Å². The highest BCUT2D eigenvalue weighted by Crippen LogP contribution is 2.30. The van der Waals surface area contributed by atoms with Gasteiger partial charge in [0, 0.05) is 6.54 Å². The van der Waals surface area contributed by atoms with Gasteiger partial charge in [0.2, 0.25) is 0 Å². The van der Waals surface area contributed by atoms with Crippen LogP contribution < -0.4 is 5.56 Å². The summed E-state index contributed by atoms with van der Waals surface area (Å²) in [6.45, 7) is 3.07. The van der Waals surface area contributed by atoms with Crippen LogP contribution in [-0.4, -0.2) is 9.55 Å². The fraction of sp³-hybridized carbons (Fsp3) is 0.529. The number of aromatic nitrogens is 2. The molecule has 1 saturated carbocycles. The molecule has 2 aromatic rings. The van der Waals surface area contributed by atoms with Crippen LogP contribution in [0.3, 0.4) is 0 Å². The van der Waals surface area contributed by atoms with Crippen LogP contribution in [0.2, 0.25) is 0 Å². The highest BCUT2D eigenvalue weighted by molar-refractivity contribution is 7.71. The molecule has 0 aliphatic heterocycles. The average molecular weight is 302 g/mol.